The molecule has 0 aliphatic heterocycles. The molecule has 0 N–H and O–H groups in total. The number of unbranched alkanes of at least 4 members (excludes halogenated alkanes) is 7. The van der Waals surface area contributed by atoms with E-state index in [2.05, 4.69) is 11.3 Å². The average Bonchev–Trinajstić information content (AvgIpc) is 2.83. The van der Waals surface area contributed by atoms with Crippen molar-refractivity contribution in [2.24, 2.45) is 0 Å². The zero-order chi connectivity index (χ0) is 32.9. The number of esters is 1. The van der Waals surface area contributed by atoms with E-state index in [-0.39, 0.29) is 18.9 Å². The van der Waals surface area contributed by atoms with Crippen molar-refractivity contribution < 1.29 is 84.2 Å². The van der Waals surface area contributed by atoms with Gasteiger partial charge in [-0.2, -0.15) is 74.6 Å². The molecule has 0 radical (unpaired) electrons. The van der Waals surface area contributed by atoms with Gasteiger partial charge >= 0.3 is 53.6 Å². The number of halogens is 17. The summed E-state index contributed by atoms with van der Waals surface area (Å²) in [7, 11) is 0. The maximum absolute atomic E-state index is 14.6. The minimum atomic E-state index is -8.72. The second-order valence-corrected chi connectivity index (χ2v) is 8.96. The Morgan fingerprint density at radius 3 is 1.29 bits per heavy atom. The highest BCUT2D eigenvalue weighted by atomic mass is 19.4. The summed E-state index contributed by atoms with van der Waals surface area (Å²) in [4.78, 5) is 11.3. The molecular formula is C22H25F17O2. The Bertz CT molecular complexity index is 865. The van der Waals surface area contributed by atoms with E-state index in [9.17, 15) is 79.4 Å². The van der Waals surface area contributed by atoms with Gasteiger partial charge in [-0.3, -0.25) is 0 Å². The Balaban J connectivity index is 6.40. The molecule has 19 heteroatoms. The van der Waals surface area contributed by atoms with Crippen molar-refractivity contribution in [2.45, 2.75) is 118 Å². The number of carbonyl (C=O) groups excluding carboxylic acids is 1. The minimum Gasteiger partial charge on any atom is -0.453 e. The van der Waals surface area contributed by atoms with Gasteiger partial charge in [-0.25, -0.2) is 4.79 Å². The predicted molar refractivity (Wildman–Crippen MR) is 108 cm³/mol. The second-order valence-electron chi connectivity index (χ2n) is 8.96. The Morgan fingerprint density at radius 2 is 0.927 bits per heavy atom. The smallest absolute Gasteiger partial charge is 0.453 e. The number of carbonyl (C=O) groups is 1. The predicted octanol–water partition coefficient (Wildman–Crippen LogP) is 9.62. The third kappa shape index (κ3) is 7.16. The van der Waals surface area contributed by atoms with Crippen LogP contribution in [0.2, 0.25) is 0 Å². The van der Waals surface area contributed by atoms with Crippen molar-refractivity contribution in [3.05, 3.63) is 12.7 Å². The highest BCUT2D eigenvalue weighted by molar-refractivity contribution is 5.81. The van der Waals surface area contributed by atoms with Crippen LogP contribution in [0.1, 0.15) is 64.7 Å². The fourth-order valence-corrected chi connectivity index (χ4v) is 3.34. The van der Waals surface area contributed by atoms with Gasteiger partial charge in [0.15, 0.2) is 6.10 Å². The van der Waals surface area contributed by atoms with Crippen LogP contribution < -0.4 is 0 Å². The zero-order valence-electron chi connectivity index (χ0n) is 21.0. The van der Waals surface area contributed by atoms with Gasteiger partial charge in [0.25, 0.3) is 0 Å². The van der Waals surface area contributed by atoms with Gasteiger partial charge in [0.05, 0.1) is 0 Å². The van der Waals surface area contributed by atoms with E-state index in [1.165, 1.54) is 0 Å². The van der Waals surface area contributed by atoms with Crippen molar-refractivity contribution in [1.29, 1.82) is 0 Å². The van der Waals surface area contributed by atoms with Crippen LogP contribution in [-0.2, 0) is 9.53 Å². The summed E-state index contributed by atoms with van der Waals surface area (Å²) < 4.78 is 234. The molecule has 0 aromatic heterocycles. The van der Waals surface area contributed by atoms with Crippen LogP contribution in [0.3, 0.4) is 0 Å². The summed E-state index contributed by atoms with van der Waals surface area (Å²) in [6.45, 7) is 4.55. The summed E-state index contributed by atoms with van der Waals surface area (Å²) in [5.74, 6) is -59.4. The van der Waals surface area contributed by atoms with E-state index in [1.54, 1.807) is 0 Å². The molecule has 0 saturated heterocycles. The lowest BCUT2D eigenvalue weighted by molar-refractivity contribution is -0.464. The molecule has 0 aromatic carbocycles. The summed E-state index contributed by atoms with van der Waals surface area (Å²) >= 11 is 0. The van der Waals surface area contributed by atoms with E-state index in [0.29, 0.717) is 12.8 Å². The van der Waals surface area contributed by atoms with Crippen molar-refractivity contribution in [3.8, 4) is 0 Å². The topological polar surface area (TPSA) is 26.3 Å². The first kappa shape index (κ1) is 39.0. The Kier molecular flexibility index (Phi) is 12.5. The van der Waals surface area contributed by atoms with Crippen LogP contribution in [0.15, 0.2) is 12.7 Å². The lowest BCUT2D eigenvalue weighted by Gasteiger charge is -2.43. The third-order valence-electron chi connectivity index (χ3n) is 5.90. The van der Waals surface area contributed by atoms with E-state index < -0.39 is 72.5 Å². The number of rotatable bonds is 18. The summed E-state index contributed by atoms with van der Waals surface area (Å²) in [6.07, 6.45) is -10.2. The van der Waals surface area contributed by atoms with E-state index in [4.69, 9.17) is 0 Å². The van der Waals surface area contributed by atoms with E-state index in [0.717, 1.165) is 19.3 Å². The van der Waals surface area contributed by atoms with Gasteiger partial charge in [-0.05, 0) is 12.8 Å². The van der Waals surface area contributed by atoms with Gasteiger partial charge in [-0.15, -0.1) is 0 Å². The average molecular weight is 644 g/mol. The summed E-state index contributed by atoms with van der Waals surface area (Å²) in [5, 5.41) is 0. The van der Waals surface area contributed by atoms with Crippen LogP contribution in [0, 0.1) is 0 Å². The Labute approximate surface area is 222 Å². The molecule has 1 atom stereocenters. The standard InChI is InChI=1S/C22H25F17O2/c1-3-5-6-7-8-9-10-11-12-13(41-14(40)4-2)15(23,24)16(25,26)17(27,28)18(29,30)19(31,32)20(33,34)21(35,36)22(37,38)39/h4,13H,2-3,5-12H2,1H3. The first-order valence-corrected chi connectivity index (χ1v) is 11.7. The first-order valence-electron chi connectivity index (χ1n) is 11.7. The number of hydrogen-bond acceptors (Lipinski definition) is 2. The summed E-state index contributed by atoms with van der Waals surface area (Å²) in [5.41, 5.74) is 0. The quantitative estimate of drug-likeness (QED) is 0.0643. The van der Waals surface area contributed by atoms with Crippen LogP contribution in [0.25, 0.3) is 0 Å². The van der Waals surface area contributed by atoms with Crippen LogP contribution in [0.5, 0.6) is 0 Å². The normalized spacial score (nSPS) is 15.6. The van der Waals surface area contributed by atoms with Gasteiger partial charge in [-0.1, -0.05) is 58.4 Å². The SMILES string of the molecule is C=CC(=O)OC(CCCCCCCCCC)C(F)(F)C(F)(F)C(F)(F)C(F)(F)C(F)(F)C(F)(F)C(F)(F)C(F)(F)F. The Morgan fingerprint density at radius 1 is 0.585 bits per heavy atom. The Hall–Kier alpha value is -1.98. The largest absolute Gasteiger partial charge is 0.460 e. The second kappa shape index (κ2) is 13.1. The lowest BCUT2D eigenvalue weighted by atomic mass is 9.86. The molecule has 2 nitrogen and oxygen atoms in total. The van der Waals surface area contributed by atoms with Crippen molar-refractivity contribution in [3.63, 3.8) is 0 Å². The molecule has 0 bridgehead atoms. The molecule has 0 heterocycles. The molecular weight excluding hydrogens is 619 g/mol. The van der Waals surface area contributed by atoms with Crippen molar-refractivity contribution in [2.75, 3.05) is 0 Å². The summed E-state index contributed by atoms with van der Waals surface area (Å²) in [6, 6.07) is 0. The van der Waals surface area contributed by atoms with E-state index in [1.807, 2.05) is 6.92 Å². The molecule has 0 saturated carbocycles. The first-order chi connectivity index (χ1) is 18.2. The maximum atomic E-state index is 14.6. The molecule has 0 fully saturated rings. The third-order valence-corrected chi connectivity index (χ3v) is 5.90. The van der Waals surface area contributed by atoms with Crippen LogP contribution in [-0.4, -0.2) is 59.7 Å². The van der Waals surface area contributed by atoms with Crippen LogP contribution in [0.4, 0.5) is 74.6 Å². The molecule has 0 aliphatic rings. The maximum Gasteiger partial charge on any atom is 0.460 e. The number of hydrogen-bond donors (Lipinski definition) is 0. The van der Waals surface area contributed by atoms with Crippen LogP contribution >= 0.6 is 0 Å². The van der Waals surface area contributed by atoms with Gasteiger partial charge in [0.1, 0.15) is 0 Å². The zero-order valence-corrected chi connectivity index (χ0v) is 21.0. The molecule has 0 rings (SSSR count). The highest BCUT2D eigenvalue weighted by Crippen LogP contribution is 2.64. The lowest BCUT2D eigenvalue weighted by Crippen LogP contribution is -2.75. The molecule has 0 spiro atoms. The van der Waals surface area contributed by atoms with Gasteiger partial charge < -0.3 is 4.74 Å². The molecule has 1 unspecified atom stereocenters. The molecule has 0 aromatic rings. The minimum absolute atomic E-state index is 0.00955. The molecule has 0 amide bonds. The molecule has 41 heavy (non-hydrogen) atoms. The molecule has 0 aliphatic carbocycles. The van der Waals surface area contributed by atoms with E-state index >= 15 is 0 Å². The monoisotopic (exact) mass is 644 g/mol. The van der Waals surface area contributed by atoms with Crippen molar-refractivity contribution >= 4 is 5.97 Å². The highest BCUT2D eigenvalue weighted by Gasteiger charge is 2.95. The van der Waals surface area contributed by atoms with Crippen molar-refractivity contribution in [1.82, 2.24) is 0 Å². The van der Waals surface area contributed by atoms with Gasteiger partial charge in [0, 0.05) is 6.08 Å². The molecule has 244 valence electrons. The fraction of sp³-hybridized carbons (Fsp3) is 0.864. The fourth-order valence-electron chi connectivity index (χ4n) is 3.34. The number of alkyl halides is 17. The number of ether oxygens (including phenoxy) is 1. The van der Waals surface area contributed by atoms with Gasteiger partial charge in [0.2, 0.25) is 0 Å².